The van der Waals surface area contributed by atoms with E-state index < -0.39 is 30.3 Å². The summed E-state index contributed by atoms with van der Waals surface area (Å²) in [6, 6.07) is 20.7. The minimum absolute atomic E-state index is 0.137. The number of nitrogens with zero attached hydrogens (tertiary/aromatic N) is 4. The lowest BCUT2D eigenvalue weighted by Gasteiger charge is -2.24. The Balaban J connectivity index is 0.000000378. The molecule has 0 aliphatic rings. The van der Waals surface area contributed by atoms with Gasteiger partial charge in [0.25, 0.3) is 5.91 Å². The first-order valence-corrected chi connectivity index (χ1v) is 17.8. The number of aliphatic carboxylic acids is 1. The number of fused-ring (bicyclic) bond motifs is 1. The Morgan fingerprint density at radius 2 is 1.76 bits per heavy atom. The number of hydrogen-bond donors (Lipinski definition) is 3. The molecule has 0 aliphatic carbocycles. The highest BCUT2D eigenvalue weighted by atomic mass is 35.5. The maximum atomic E-state index is 14.5. The molecular weight excluding hydrogens is 761 g/mol. The monoisotopic (exact) mass is 794 g/mol. The van der Waals surface area contributed by atoms with Crippen LogP contribution >= 0.6 is 22.9 Å². The van der Waals surface area contributed by atoms with Gasteiger partial charge in [-0.3, -0.25) is 14.4 Å². The number of carboxylic acid groups (broad SMARTS) is 1. The first kappa shape index (κ1) is 40.3. The molecule has 3 heterocycles. The van der Waals surface area contributed by atoms with E-state index >= 15 is 0 Å². The van der Waals surface area contributed by atoms with E-state index in [0.717, 1.165) is 11.1 Å². The van der Waals surface area contributed by atoms with Gasteiger partial charge in [0.15, 0.2) is 0 Å². The molecule has 3 aromatic heterocycles. The topological polar surface area (TPSA) is 172 Å². The number of rotatable bonds is 12. The fourth-order valence-corrected chi connectivity index (χ4v) is 6.40. The van der Waals surface area contributed by atoms with Crippen LogP contribution in [0.1, 0.15) is 40.2 Å². The van der Waals surface area contributed by atoms with Crippen molar-refractivity contribution in [1.82, 2.24) is 25.1 Å². The van der Waals surface area contributed by atoms with Gasteiger partial charge in [-0.1, -0.05) is 60.1 Å². The molecule has 12 nitrogen and oxygen atoms in total. The van der Waals surface area contributed by atoms with Crippen LogP contribution in [0, 0.1) is 6.92 Å². The van der Waals surface area contributed by atoms with Crippen molar-refractivity contribution in [2.45, 2.75) is 38.6 Å². The molecule has 286 valence electrons. The lowest BCUT2D eigenvalue weighted by Crippen LogP contribution is -2.34. The van der Waals surface area contributed by atoms with Crippen LogP contribution in [0.4, 0.5) is 13.2 Å². The largest absolute Gasteiger partial charge is 0.480 e. The molecule has 0 aliphatic heterocycles. The normalized spacial score (nSPS) is 12.3. The third-order valence-electron chi connectivity index (χ3n) is 7.84. The number of esters is 1. The van der Waals surface area contributed by atoms with Gasteiger partial charge >= 0.3 is 18.1 Å². The third kappa shape index (κ3) is 10.4. The molecule has 3 aromatic carbocycles. The zero-order valence-electron chi connectivity index (χ0n) is 29.3. The van der Waals surface area contributed by atoms with Crippen molar-refractivity contribution < 1.29 is 42.1 Å². The number of aromatic nitrogens is 4. The Bertz CT molecular complexity index is 2270. The van der Waals surface area contributed by atoms with Gasteiger partial charge in [-0.25, -0.2) is 14.6 Å². The number of carboxylic acids is 1. The number of amides is 1. The Morgan fingerprint density at radius 1 is 1.04 bits per heavy atom. The SMILES string of the molecule is CCOC(=O)[C@@H](N)Cc1ccc(-c2csc3c(O[C@H](c4ccc(Cl)cc4-n4ccc(C)n4)C(F)(F)F)ncnc23)cc1.O=C(O)CNC(=O)c1ccccc1. The average Bonchev–Trinajstić information content (AvgIpc) is 3.80. The summed E-state index contributed by atoms with van der Waals surface area (Å²) in [7, 11) is 0. The van der Waals surface area contributed by atoms with Gasteiger partial charge in [-0.05, 0) is 61.7 Å². The molecule has 6 aromatic rings. The zero-order chi connectivity index (χ0) is 39.7. The van der Waals surface area contributed by atoms with Gasteiger partial charge in [0.05, 0.1) is 23.5 Å². The van der Waals surface area contributed by atoms with E-state index in [2.05, 4.69) is 20.4 Å². The van der Waals surface area contributed by atoms with E-state index in [9.17, 15) is 27.6 Å². The molecule has 0 unspecified atom stereocenters. The van der Waals surface area contributed by atoms with Gasteiger partial charge < -0.3 is 25.6 Å². The highest BCUT2D eigenvalue weighted by Crippen LogP contribution is 2.43. The number of nitrogens with one attached hydrogen (secondary N) is 1. The third-order valence-corrected chi connectivity index (χ3v) is 9.03. The minimum Gasteiger partial charge on any atom is -0.480 e. The van der Waals surface area contributed by atoms with Crippen LogP contribution in [-0.2, 0) is 20.7 Å². The summed E-state index contributed by atoms with van der Waals surface area (Å²) in [5.74, 6) is -2.10. The Kier molecular flexibility index (Phi) is 13.2. The lowest BCUT2D eigenvalue weighted by atomic mass is 10.0. The van der Waals surface area contributed by atoms with Crippen molar-refractivity contribution in [2.24, 2.45) is 5.73 Å². The fourth-order valence-electron chi connectivity index (χ4n) is 5.28. The molecule has 55 heavy (non-hydrogen) atoms. The predicted molar refractivity (Wildman–Crippen MR) is 200 cm³/mol. The van der Waals surface area contributed by atoms with Crippen LogP contribution in [0.15, 0.2) is 96.8 Å². The number of benzene rings is 3. The highest BCUT2D eigenvalue weighted by molar-refractivity contribution is 7.18. The summed E-state index contributed by atoms with van der Waals surface area (Å²) >= 11 is 7.32. The predicted octanol–water partition coefficient (Wildman–Crippen LogP) is 7.12. The Hall–Kier alpha value is -5.84. The summed E-state index contributed by atoms with van der Waals surface area (Å²) in [6.45, 7) is 3.34. The van der Waals surface area contributed by atoms with Crippen molar-refractivity contribution in [1.29, 1.82) is 0 Å². The molecule has 0 bridgehead atoms. The number of ether oxygens (including phenoxy) is 2. The van der Waals surface area contributed by atoms with Gasteiger partial charge in [-0.15, -0.1) is 11.3 Å². The average molecular weight is 795 g/mol. The Morgan fingerprint density at radius 3 is 2.40 bits per heavy atom. The molecule has 4 N–H and O–H groups in total. The van der Waals surface area contributed by atoms with Crippen molar-refractivity contribution in [3.05, 3.63) is 124 Å². The summed E-state index contributed by atoms with van der Waals surface area (Å²) in [6.07, 6.45) is -4.12. The van der Waals surface area contributed by atoms with E-state index in [1.165, 1.54) is 40.5 Å². The second kappa shape index (κ2) is 18.0. The molecule has 2 atom stereocenters. The van der Waals surface area contributed by atoms with Gasteiger partial charge in [0.1, 0.15) is 23.6 Å². The first-order valence-electron chi connectivity index (χ1n) is 16.6. The second-order valence-electron chi connectivity index (χ2n) is 11.9. The lowest BCUT2D eigenvalue weighted by molar-refractivity contribution is -0.198. The number of hydrogen-bond acceptors (Lipinski definition) is 10. The van der Waals surface area contributed by atoms with E-state index in [4.69, 9.17) is 31.9 Å². The summed E-state index contributed by atoms with van der Waals surface area (Å²) in [4.78, 5) is 41.6. The Labute approximate surface area is 321 Å². The van der Waals surface area contributed by atoms with Crippen LogP contribution in [0.5, 0.6) is 5.88 Å². The number of thiophene rings is 1. The zero-order valence-corrected chi connectivity index (χ0v) is 30.9. The highest BCUT2D eigenvalue weighted by Gasteiger charge is 2.45. The van der Waals surface area contributed by atoms with Crippen LogP contribution in [0.3, 0.4) is 0 Å². The molecule has 0 spiro atoms. The molecule has 17 heteroatoms. The van der Waals surface area contributed by atoms with Crippen LogP contribution in [-0.4, -0.2) is 68.1 Å². The summed E-state index contributed by atoms with van der Waals surface area (Å²) in [5.41, 5.74) is 9.74. The maximum Gasteiger partial charge on any atom is 0.429 e. The van der Waals surface area contributed by atoms with Crippen LogP contribution in [0.2, 0.25) is 5.02 Å². The van der Waals surface area contributed by atoms with Crippen LogP contribution in [0.25, 0.3) is 27.0 Å². The maximum absolute atomic E-state index is 14.5. The number of carbonyl (C=O) groups excluding carboxylic acids is 2. The second-order valence-corrected chi connectivity index (χ2v) is 13.2. The summed E-state index contributed by atoms with van der Waals surface area (Å²) < 4.78 is 55.8. The minimum atomic E-state index is -4.79. The molecule has 6 rings (SSSR count). The van der Waals surface area contributed by atoms with Gasteiger partial charge in [0.2, 0.25) is 12.0 Å². The number of carbonyl (C=O) groups is 3. The summed E-state index contributed by atoms with van der Waals surface area (Å²) in [5, 5.41) is 16.9. The first-order chi connectivity index (χ1) is 26.2. The number of halogens is 4. The molecule has 0 saturated heterocycles. The number of alkyl halides is 3. The molecule has 0 fully saturated rings. The molecule has 1 amide bonds. The number of aryl methyl sites for hydroxylation is 1. The standard InChI is InChI=1S/C29H25ClF3N5O3S.C9H9NO3/c1-3-40-28(39)22(34)12-17-4-6-18(7-5-17)21-14-42-25-24(21)35-15-36-27(25)41-26(29(31,32)33)20-9-8-19(30)13-23(20)38-11-10-16(2)37-38;11-8(12)6-10-9(13)7-4-2-1-3-5-7/h4-11,13-15,22,26H,3,12,34H2,1-2H3;1-5H,6H2,(H,10,13)(H,11,12)/t22-,26+;/m0./s1. The molecule has 0 radical (unpaired) electrons. The van der Waals surface area contributed by atoms with Crippen molar-refractivity contribution in [3.63, 3.8) is 0 Å². The fraction of sp³-hybridized carbons (Fsp3) is 0.211. The van der Waals surface area contributed by atoms with E-state index in [1.54, 1.807) is 61.8 Å². The smallest absolute Gasteiger partial charge is 0.429 e. The number of nitrogens with two attached hydrogens (primary N) is 1. The van der Waals surface area contributed by atoms with Crippen molar-refractivity contribution in [2.75, 3.05) is 13.2 Å². The van der Waals surface area contributed by atoms with Gasteiger partial charge in [-0.2, -0.15) is 18.3 Å². The molecular formula is C38H34ClF3N6O6S. The van der Waals surface area contributed by atoms with Crippen molar-refractivity contribution >= 4 is 51.0 Å². The van der Waals surface area contributed by atoms with E-state index in [-0.39, 0.29) is 41.2 Å². The van der Waals surface area contributed by atoms with Crippen molar-refractivity contribution in [3.8, 4) is 22.7 Å². The van der Waals surface area contributed by atoms with E-state index in [0.29, 0.717) is 33.5 Å². The quantitative estimate of drug-likeness (QED) is 0.108. The van der Waals surface area contributed by atoms with E-state index in [1.807, 2.05) is 24.3 Å². The van der Waals surface area contributed by atoms with Gasteiger partial charge in [0, 0.05) is 33.3 Å². The molecule has 0 saturated carbocycles. The van der Waals surface area contributed by atoms with Crippen LogP contribution < -0.4 is 15.8 Å².